The largest absolute Gasteiger partial charge is 0.371 e. The first-order valence-corrected chi connectivity index (χ1v) is 7.89. The maximum atomic E-state index is 6.04. The van der Waals surface area contributed by atoms with Crippen LogP contribution in [0.3, 0.4) is 0 Å². The van der Waals surface area contributed by atoms with Crippen molar-refractivity contribution in [2.45, 2.75) is 76.1 Å². The number of rotatable bonds is 4. The second kappa shape index (κ2) is 5.11. The van der Waals surface area contributed by atoms with Crippen molar-refractivity contribution in [3.63, 3.8) is 0 Å². The van der Waals surface area contributed by atoms with Crippen LogP contribution in [0.4, 0.5) is 0 Å². The van der Waals surface area contributed by atoms with Gasteiger partial charge in [0.2, 0.25) is 0 Å². The molecule has 4 heterocycles. The minimum absolute atomic E-state index is 0.182. The topological polar surface area (TPSA) is 67.9 Å². The van der Waals surface area contributed by atoms with Gasteiger partial charge in [0, 0.05) is 0 Å². The van der Waals surface area contributed by atoms with Crippen LogP contribution < -0.4 is 0 Å². The van der Waals surface area contributed by atoms with Crippen molar-refractivity contribution in [1.82, 2.24) is 0 Å². The summed E-state index contributed by atoms with van der Waals surface area (Å²) in [6.45, 7) is 9.34. The van der Waals surface area contributed by atoms with Gasteiger partial charge in [0.05, 0.1) is 19.8 Å². The third-order valence-corrected chi connectivity index (χ3v) is 4.29. The van der Waals surface area contributed by atoms with Crippen LogP contribution in [0, 0.1) is 0 Å². The summed E-state index contributed by atoms with van der Waals surface area (Å²) >= 11 is 0. The van der Waals surface area contributed by atoms with Crippen LogP contribution in [0.1, 0.15) is 27.7 Å². The molecular formula is C15H24O7. The Kier molecular flexibility index (Phi) is 3.54. The van der Waals surface area contributed by atoms with Crippen LogP contribution in [0.25, 0.3) is 0 Å². The number of ether oxygens (including phenoxy) is 7. The van der Waals surface area contributed by atoms with Gasteiger partial charge in [0.15, 0.2) is 17.9 Å². The van der Waals surface area contributed by atoms with Gasteiger partial charge in [-0.25, -0.2) is 0 Å². The van der Waals surface area contributed by atoms with E-state index in [9.17, 15) is 0 Å². The molecule has 0 aromatic carbocycles. The van der Waals surface area contributed by atoms with Crippen molar-refractivity contribution in [3.8, 4) is 0 Å². The lowest BCUT2D eigenvalue weighted by atomic mass is 10.1. The minimum atomic E-state index is -0.649. The average molecular weight is 316 g/mol. The van der Waals surface area contributed by atoms with E-state index in [0.717, 1.165) is 6.61 Å². The molecule has 7 heteroatoms. The summed E-state index contributed by atoms with van der Waals surface area (Å²) in [7, 11) is 0. The molecule has 0 spiro atoms. The van der Waals surface area contributed by atoms with Crippen LogP contribution in [0.15, 0.2) is 0 Å². The third-order valence-electron chi connectivity index (χ3n) is 4.29. The Morgan fingerprint density at radius 3 is 2.27 bits per heavy atom. The number of hydrogen-bond donors (Lipinski definition) is 0. The third kappa shape index (κ3) is 2.91. The Labute approximate surface area is 130 Å². The molecule has 0 N–H and O–H groups in total. The maximum Gasteiger partial charge on any atom is 0.187 e. The van der Waals surface area contributed by atoms with Gasteiger partial charge < -0.3 is 33.2 Å². The van der Waals surface area contributed by atoms with E-state index in [0.29, 0.717) is 13.2 Å². The van der Waals surface area contributed by atoms with Crippen molar-refractivity contribution in [2.24, 2.45) is 0 Å². The fraction of sp³-hybridized carbons (Fsp3) is 1.00. The Bertz CT molecular complexity index is 434. The van der Waals surface area contributed by atoms with E-state index in [-0.39, 0.29) is 30.5 Å². The quantitative estimate of drug-likeness (QED) is 0.711. The van der Waals surface area contributed by atoms with Gasteiger partial charge in [0.1, 0.15) is 30.5 Å². The zero-order chi connectivity index (χ0) is 15.5. The standard InChI is InChI=1S/C15H24O7/c1-14(2)18-7-9(20-14)10-11-12(22-15(3,4)21-11)13(19-10)17-6-8-5-16-8/h8-13H,5-7H2,1-4H3/t8?,9-,10-,11+,12+,13+/m1/s1. The normalized spacial score (nSPS) is 48.5. The van der Waals surface area contributed by atoms with E-state index in [2.05, 4.69) is 0 Å². The van der Waals surface area contributed by atoms with E-state index in [1.54, 1.807) is 0 Å². The Balaban J connectivity index is 1.47. The van der Waals surface area contributed by atoms with Gasteiger partial charge in [-0.3, -0.25) is 0 Å². The first-order chi connectivity index (χ1) is 10.3. The predicted octanol–water partition coefficient (Wildman–Crippen LogP) is 0.798. The van der Waals surface area contributed by atoms with Gasteiger partial charge >= 0.3 is 0 Å². The van der Waals surface area contributed by atoms with E-state index >= 15 is 0 Å². The Hall–Kier alpha value is -0.280. The molecule has 22 heavy (non-hydrogen) atoms. The maximum absolute atomic E-state index is 6.04. The lowest BCUT2D eigenvalue weighted by molar-refractivity contribution is -0.248. The van der Waals surface area contributed by atoms with Crippen LogP contribution in [-0.2, 0) is 33.2 Å². The summed E-state index contributed by atoms with van der Waals surface area (Å²) < 4.78 is 40.6. The molecule has 7 nitrogen and oxygen atoms in total. The molecule has 0 aliphatic carbocycles. The van der Waals surface area contributed by atoms with Crippen LogP contribution >= 0.6 is 0 Å². The smallest absolute Gasteiger partial charge is 0.187 e. The van der Waals surface area contributed by atoms with Gasteiger partial charge in [-0.05, 0) is 27.7 Å². The van der Waals surface area contributed by atoms with Gasteiger partial charge in [-0.15, -0.1) is 0 Å². The number of hydrogen-bond acceptors (Lipinski definition) is 7. The zero-order valence-electron chi connectivity index (χ0n) is 13.4. The van der Waals surface area contributed by atoms with Crippen molar-refractivity contribution >= 4 is 0 Å². The summed E-state index contributed by atoms with van der Waals surface area (Å²) in [5.74, 6) is -1.25. The first kappa shape index (κ1) is 15.3. The SMILES string of the molecule is CC1(C)O[C@@H]2[C@H](O1)[C@@H](OCC1CO1)O[C@@H]2[C@H]1COC(C)(C)O1. The van der Waals surface area contributed by atoms with Crippen molar-refractivity contribution in [1.29, 1.82) is 0 Å². The molecule has 4 aliphatic rings. The lowest BCUT2D eigenvalue weighted by Crippen LogP contribution is -2.40. The van der Waals surface area contributed by atoms with Gasteiger partial charge in [-0.1, -0.05) is 0 Å². The molecule has 0 aromatic heterocycles. The van der Waals surface area contributed by atoms with E-state index in [1.807, 2.05) is 27.7 Å². The zero-order valence-corrected chi connectivity index (χ0v) is 13.4. The molecule has 0 saturated carbocycles. The molecule has 1 unspecified atom stereocenters. The highest BCUT2D eigenvalue weighted by Gasteiger charge is 2.59. The summed E-state index contributed by atoms with van der Waals surface area (Å²) in [5, 5.41) is 0. The van der Waals surface area contributed by atoms with E-state index < -0.39 is 17.9 Å². The predicted molar refractivity (Wildman–Crippen MR) is 73.1 cm³/mol. The summed E-state index contributed by atoms with van der Waals surface area (Å²) in [6, 6.07) is 0. The van der Waals surface area contributed by atoms with E-state index in [4.69, 9.17) is 33.2 Å². The lowest BCUT2D eigenvalue weighted by Gasteiger charge is -2.26. The molecule has 0 amide bonds. The summed E-state index contributed by atoms with van der Waals surface area (Å²) in [6.07, 6.45) is -1.21. The number of epoxide rings is 1. The molecule has 6 atom stereocenters. The highest BCUT2D eigenvalue weighted by atomic mass is 16.8. The fourth-order valence-corrected chi connectivity index (χ4v) is 3.27. The summed E-state index contributed by atoms with van der Waals surface area (Å²) in [4.78, 5) is 0. The van der Waals surface area contributed by atoms with Crippen molar-refractivity contribution in [3.05, 3.63) is 0 Å². The Morgan fingerprint density at radius 2 is 1.64 bits per heavy atom. The van der Waals surface area contributed by atoms with Crippen LogP contribution in [0.5, 0.6) is 0 Å². The Morgan fingerprint density at radius 1 is 0.909 bits per heavy atom. The van der Waals surface area contributed by atoms with Crippen LogP contribution in [0.2, 0.25) is 0 Å². The van der Waals surface area contributed by atoms with Crippen molar-refractivity contribution < 1.29 is 33.2 Å². The number of fused-ring (bicyclic) bond motifs is 1. The molecular weight excluding hydrogens is 292 g/mol. The minimum Gasteiger partial charge on any atom is -0.371 e. The molecule has 4 saturated heterocycles. The first-order valence-electron chi connectivity index (χ1n) is 7.89. The molecule has 4 fully saturated rings. The summed E-state index contributed by atoms with van der Waals surface area (Å²) in [5.41, 5.74) is 0. The van der Waals surface area contributed by atoms with Gasteiger partial charge in [0.25, 0.3) is 0 Å². The highest BCUT2D eigenvalue weighted by Crippen LogP contribution is 2.42. The van der Waals surface area contributed by atoms with Crippen LogP contribution in [-0.4, -0.2) is 68.2 Å². The fourth-order valence-electron chi connectivity index (χ4n) is 3.27. The van der Waals surface area contributed by atoms with E-state index in [1.165, 1.54) is 0 Å². The highest BCUT2D eigenvalue weighted by molar-refractivity contribution is 4.99. The molecule has 4 rings (SSSR count). The second-order valence-electron chi connectivity index (χ2n) is 7.19. The second-order valence-corrected chi connectivity index (χ2v) is 7.19. The molecule has 0 bridgehead atoms. The molecule has 0 aromatic rings. The van der Waals surface area contributed by atoms with Gasteiger partial charge in [-0.2, -0.15) is 0 Å². The monoisotopic (exact) mass is 316 g/mol. The molecule has 4 aliphatic heterocycles. The van der Waals surface area contributed by atoms with Crippen molar-refractivity contribution in [2.75, 3.05) is 19.8 Å². The molecule has 0 radical (unpaired) electrons. The average Bonchev–Trinajstić information content (AvgIpc) is 2.99. The molecule has 126 valence electrons.